The summed E-state index contributed by atoms with van der Waals surface area (Å²) in [6.07, 6.45) is 0.00956. The van der Waals surface area contributed by atoms with E-state index in [9.17, 15) is 9.59 Å². The van der Waals surface area contributed by atoms with E-state index in [4.69, 9.17) is 9.26 Å². The van der Waals surface area contributed by atoms with Crippen molar-refractivity contribution in [2.24, 2.45) is 0 Å². The van der Waals surface area contributed by atoms with Crippen LogP contribution in [0.25, 0.3) is 0 Å². The van der Waals surface area contributed by atoms with Crippen LogP contribution >= 0.6 is 0 Å². The molecule has 24 heavy (non-hydrogen) atoms. The normalized spacial score (nSPS) is 13.2. The molecule has 0 aliphatic rings. The second kappa shape index (κ2) is 7.77. The monoisotopic (exact) mass is 330 g/mol. The van der Waals surface area contributed by atoms with Crippen molar-refractivity contribution in [1.82, 2.24) is 5.16 Å². The maximum absolute atomic E-state index is 12.3. The summed E-state index contributed by atoms with van der Waals surface area (Å²) in [5, 5.41) is 6.45. The van der Waals surface area contributed by atoms with Crippen molar-refractivity contribution in [1.29, 1.82) is 0 Å². The van der Waals surface area contributed by atoms with Gasteiger partial charge in [-0.05, 0) is 37.8 Å². The van der Waals surface area contributed by atoms with Crippen LogP contribution in [0.1, 0.15) is 54.9 Å². The standard InChI is InChI=1S/C18H22N2O4/c1-5-11(2)14-8-6-7-9-15(14)19-17(21)13(4)23-18(22)16-10-12(3)20-24-16/h6-11,13H,5H2,1-4H3,(H,19,21)/t11-,13-/m1/s1. The Morgan fingerprint density at radius 2 is 2.00 bits per heavy atom. The number of hydrogen-bond acceptors (Lipinski definition) is 5. The van der Waals surface area contributed by atoms with E-state index in [0.29, 0.717) is 11.6 Å². The molecule has 0 radical (unpaired) electrons. The van der Waals surface area contributed by atoms with Crippen molar-refractivity contribution in [3.8, 4) is 0 Å². The highest BCUT2D eigenvalue weighted by Gasteiger charge is 2.22. The maximum Gasteiger partial charge on any atom is 0.377 e. The molecule has 0 bridgehead atoms. The number of hydrogen-bond donors (Lipinski definition) is 1. The van der Waals surface area contributed by atoms with E-state index in [1.165, 1.54) is 13.0 Å². The molecule has 2 aromatic rings. The maximum atomic E-state index is 12.3. The SMILES string of the molecule is CC[C@@H](C)c1ccccc1NC(=O)[C@@H](C)OC(=O)c1cc(C)no1. The number of amides is 1. The van der Waals surface area contributed by atoms with E-state index in [1.807, 2.05) is 24.3 Å². The van der Waals surface area contributed by atoms with E-state index in [-0.39, 0.29) is 5.76 Å². The van der Waals surface area contributed by atoms with Gasteiger partial charge < -0.3 is 14.6 Å². The van der Waals surface area contributed by atoms with Crippen LogP contribution in [0, 0.1) is 6.92 Å². The Balaban J connectivity index is 2.03. The molecule has 1 aromatic heterocycles. The van der Waals surface area contributed by atoms with Crippen molar-refractivity contribution >= 4 is 17.6 Å². The Morgan fingerprint density at radius 3 is 2.62 bits per heavy atom. The van der Waals surface area contributed by atoms with E-state index in [0.717, 1.165) is 17.7 Å². The molecule has 0 unspecified atom stereocenters. The van der Waals surface area contributed by atoms with Gasteiger partial charge in [0.1, 0.15) is 0 Å². The van der Waals surface area contributed by atoms with Crippen LogP contribution in [-0.2, 0) is 9.53 Å². The Labute approximate surface area is 141 Å². The van der Waals surface area contributed by atoms with Crippen molar-refractivity contribution in [3.63, 3.8) is 0 Å². The van der Waals surface area contributed by atoms with E-state index >= 15 is 0 Å². The number of carbonyl (C=O) groups excluding carboxylic acids is 2. The summed E-state index contributed by atoms with van der Waals surface area (Å²) in [6.45, 7) is 7.40. The first-order valence-corrected chi connectivity index (χ1v) is 7.96. The summed E-state index contributed by atoms with van der Waals surface area (Å²) in [6, 6.07) is 9.08. The minimum Gasteiger partial charge on any atom is -0.447 e. The fourth-order valence-electron chi connectivity index (χ4n) is 2.23. The predicted octanol–water partition coefficient (Wildman–Crippen LogP) is 3.68. The van der Waals surface area contributed by atoms with Gasteiger partial charge in [0.15, 0.2) is 6.10 Å². The zero-order valence-corrected chi connectivity index (χ0v) is 14.3. The number of para-hydroxylation sites is 1. The van der Waals surface area contributed by atoms with Crippen LogP contribution in [0.2, 0.25) is 0 Å². The van der Waals surface area contributed by atoms with Gasteiger partial charge in [-0.15, -0.1) is 0 Å². The molecule has 0 spiro atoms. The summed E-state index contributed by atoms with van der Waals surface area (Å²) >= 11 is 0. The molecular weight excluding hydrogens is 308 g/mol. The molecular formula is C18H22N2O4. The number of anilines is 1. The Morgan fingerprint density at radius 1 is 1.29 bits per heavy atom. The third kappa shape index (κ3) is 4.22. The van der Waals surface area contributed by atoms with E-state index < -0.39 is 18.0 Å². The minimum absolute atomic E-state index is 0.0212. The molecule has 1 heterocycles. The lowest BCUT2D eigenvalue weighted by molar-refractivity contribution is -0.123. The molecule has 0 fully saturated rings. The minimum atomic E-state index is -0.951. The van der Waals surface area contributed by atoms with Gasteiger partial charge in [-0.1, -0.05) is 37.2 Å². The number of ether oxygens (including phenoxy) is 1. The Bertz CT molecular complexity index is 723. The fourth-order valence-corrected chi connectivity index (χ4v) is 2.23. The van der Waals surface area contributed by atoms with Gasteiger partial charge >= 0.3 is 5.97 Å². The highest BCUT2D eigenvalue weighted by atomic mass is 16.6. The zero-order chi connectivity index (χ0) is 17.7. The van der Waals surface area contributed by atoms with Gasteiger partial charge in [0.25, 0.3) is 5.91 Å². The summed E-state index contributed by atoms with van der Waals surface area (Å²) in [4.78, 5) is 24.2. The highest BCUT2D eigenvalue weighted by Crippen LogP contribution is 2.26. The predicted molar refractivity (Wildman–Crippen MR) is 89.9 cm³/mol. The van der Waals surface area contributed by atoms with Crippen molar-refractivity contribution in [2.45, 2.75) is 46.1 Å². The van der Waals surface area contributed by atoms with Gasteiger partial charge in [0.2, 0.25) is 5.76 Å². The lowest BCUT2D eigenvalue weighted by Crippen LogP contribution is -2.30. The number of nitrogens with one attached hydrogen (secondary N) is 1. The van der Waals surface area contributed by atoms with Crippen molar-refractivity contribution in [3.05, 3.63) is 47.3 Å². The molecule has 1 amide bonds. The number of esters is 1. The molecule has 0 saturated carbocycles. The number of benzene rings is 1. The third-order valence-electron chi connectivity index (χ3n) is 3.84. The van der Waals surface area contributed by atoms with Crippen molar-refractivity contribution in [2.75, 3.05) is 5.32 Å². The lowest BCUT2D eigenvalue weighted by atomic mass is 9.97. The molecule has 0 saturated heterocycles. The van der Waals surface area contributed by atoms with Gasteiger partial charge in [-0.25, -0.2) is 4.79 Å². The molecule has 1 aromatic carbocycles. The highest BCUT2D eigenvalue weighted by molar-refractivity contribution is 5.97. The molecule has 2 atom stereocenters. The Hall–Kier alpha value is -2.63. The number of aryl methyl sites for hydroxylation is 1. The summed E-state index contributed by atoms with van der Waals surface area (Å²) in [5.41, 5.74) is 2.36. The largest absolute Gasteiger partial charge is 0.447 e. The molecule has 6 nitrogen and oxygen atoms in total. The van der Waals surface area contributed by atoms with Gasteiger partial charge in [-0.3, -0.25) is 4.79 Å². The van der Waals surface area contributed by atoms with Crippen LogP contribution in [0.5, 0.6) is 0 Å². The molecule has 2 rings (SSSR count). The van der Waals surface area contributed by atoms with E-state index in [2.05, 4.69) is 24.3 Å². The van der Waals surface area contributed by atoms with Crippen LogP contribution < -0.4 is 5.32 Å². The molecule has 128 valence electrons. The molecule has 0 aliphatic carbocycles. The zero-order valence-electron chi connectivity index (χ0n) is 14.3. The van der Waals surface area contributed by atoms with Gasteiger partial charge in [0, 0.05) is 11.8 Å². The fraction of sp³-hybridized carbons (Fsp3) is 0.389. The number of carbonyl (C=O) groups is 2. The van der Waals surface area contributed by atoms with Crippen LogP contribution in [0.15, 0.2) is 34.9 Å². The average Bonchev–Trinajstić information content (AvgIpc) is 3.01. The first kappa shape index (κ1) is 17.7. The molecule has 0 aliphatic heterocycles. The van der Waals surface area contributed by atoms with Crippen LogP contribution in [0.3, 0.4) is 0 Å². The summed E-state index contributed by atoms with van der Waals surface area (Å²) < 4.78 is 9.96. The smallest absolute Gasteiger partial charge is 0.377 e. The molecule has 6 heteroatoms. The van der Waals surface area contributed by atoms with Crippen molar-refractivity contribution < 1.29 is 18.8 Å². The third-order valence-corrected chi connectivity index (χ3v) is 3.84. The first-order chi connectivity index (χ1) is 11.4. The van der Waals surface area contributed by atoms with Crippen LogP contribution in [-0.4, -0.2) is 23.1 Å². The second-order valence-corrected chi connectivity index (χ2v) is 5.77. The second-order valence-electron chi connectivity index (χ2n) is 5.77. The first-order valence-electron chi connectivity index (χ1n) is 7.96. The van der Waals surface area contributed by atoms with E-state index in [1.54, 1.807) is 6.92 Å². The number of aromatic nitrogens is 1. The summed E-state index contributed by atoms with van der Waals surface area (Å²) in [5.74, 6) is -0.813. The van der Waals surface area contributed by atoms with Gasteiger partial charge in [0.05, 0.1) is 5.69 Å². The Kier molecular flexibility index (Phi) is 5.73. The quantitative estimate of drug-likeness (QED) is 0.817. The topological polar surface area (TPSA) is 81.4 Å². The molecule has 1 N–H and O–H groups in total. The lowest BCUT2D eigenvalue weighted by Gasteiger charge is -2.17. The van der Waals surface area contributed by atoms with Crippen LogP contribution in [0.4, 0.5) is 5.69 Å². The average molecular weight is 330 g/mol. The summed E-state index contributed by atoms with van der Waals surface area (Å²) in [7, 11) is 0. The van der Waals surface area contributed by atoms with Gasteiger partial charge in [-0.2, -0.15) is 0 Å². The number of nitrogens with zero attached hydrogens (tertiary/aromatic N) is 1. The number of rotatable bonds is 6.